The first-order valence-corrected chi connectivity index (χ1v) is 13.5. The molecule has 45 heavy (non-hydrogen) atoms. The largest absolute Gasteiger partial charge is 0.479 e. The molecule has 1 aromatic carbocycles. The molecule has 232 valence electrons. The van der Waals surface area contributed by atoms with E-state index in [2.05, 4.69) is 27.1 Å². The molecule has 0 saturated carbocycles. The van der Waals surface area contributed by atoms with Crippen LogP contribution in [-0.2, 0) is 14.4 Å². The number of carbonyl (C=O) groups excluding carboxylic acids is 2. The third-order valence-electron chi connectivity index (χ3n) is 6.79. The number of amides is 2. The summed E-state index contributed by atoms with van der Waals surface area (Å²) >= 11 is 0. The first-order chi connectivity index (χ1) is 21.5. The van der Waals surface area contributed by atoms with Gasteiger partial charge in [0.15, 0.2) is 12.2 Å². The lowest BCUT2D eigenvalue weighted by Gasteiger charge is -2.21. The van der Waals surface area contributed by atoms with Gasteiger partial charge in [-0.2, -0.15) is 0 Å². The maximum absolute atomic E-state index is 12.6. The van der Waals surface area contributed by atoms with Crippen molar-refractivity contribution in [3.63, 3.8) is 0 Å². The lowest BCUT2D eigenvalue weighted by molar-refractivity contribution is -0.165. The highest BCUT2D eigenvalue weighted by atomic mass is 16.4. The summed E-state index contributed by atoms with van der Waals surface area (Å²) in [5, 5.41) is 35.3. The minimum Gasteiger partial charge on any atom is -0.479 e. The van der Waals surface area contributed by atoms with Gasteiger partial charge in [-0.1, -0.05) is 24.1 Å². The van der Waals surface area contributed by atoms with E-state index in [4.69, 9.17) is 31.1 Å². The van der Waals surface area contributed by atoms with Crippen molar-refractivity contribution in [3.8, 4) is 23.1 Å². The summed E-state index contributed by atoms with van der Waals surface area (Å²) in [5.41, 5.74) is 8.84. The van der Waals surface area contributed by atoms with E-state index < -0.39 is 24.1 Å². The Morgan fingerprint density at radius 2 is 1.69 bits per heavy atom. The molecule has 15 nitrogen and oxygen atoms in total. The summed E-state index contributed by atoms with van der Waals surface area (Å²) in [6.07, 6.45) is 2.16. The van der Waals surface area contributed by atoms with Gasteiger partial charge in [0, 0.05) is 36.3 Å². The number of aromatic nitrogens is 4. The van der Waals surface area contributed by atoms with Crippen molar-refractivity contribution in [2.75, 3.05) is 17.6 Å². The zero-order valence-electron chi connectivity index (χ0n) is 23.9. The van der Waals surface area contributed by atoms with Crippen LogP contribution in [0, 0.1) is 11.8 Å². The number of aliphatic hydroxyl groups is 2. The Bertz CT molecular complexity index is 1760. The molecule has 1 saturated heterocycles. The molecule has 0 radical (unpaired) electrons. The second-order valence-electron chi connectivity index (χ2n) is 9.69. The number of rotatable bonds is 7. The van der Waals surface area contributed by atoms with Gasteiger partial charge in [-0.25, -0.2) is 24.5 Å². The molecule has 4 aromatic rings. The van der Waals surface area contributed by atoms with Gasteiger partial charge in [0.25, 0.3) is 11.8 Å². The number of anilines is 2. The maximum atomic E-state index is 12.6. The quantitative estimate of drug-likeness (QED) is 0.161. The Morgan fingerprint density at radius 3 is 2.29 bits per heavy atom. The molecule has 2 unspecified atom stereocenters. The van der Waals surface area contributed by atoms with Crippen LogP contribution in [0.3, 0.4) is 0 Å². The normalized spacial score (nSPS) is 15.2. The number of likely N-dealkylation sites (tertiary alicyclic amines) is 1. The lowest BCUT2D eigenvalue weighted by Crippen LogP contribution is -2.39. The SMILES string of the molecule is CC#CC(=O)N1CCC[C@H]1c1nc(-c2ccc(C(=O)Nc3ccccn3)cc2)c2c(N)nccn12.O=C(O)C(O)C(O)C(=O)O. The highest BCUT2D eigenvalue weighted by Gasteiger charge is 2.33. The predicted molar refractivity (Wildman–Crippen MR) is 159 cm³/mol. The first kappa shape index (κ1) is 32.1. The number of imidazole rings is 1. The van der Waals surface area contributed by atoms with E-state index in [0.29, 0.717) is 40.8 Å². The van der Waals surface area contributed by atoms with Crippen LogP contribution in [0.4, 0.5) is 11.6 Å². The lowest BCUT2D eigenvalue weighted by atomic mass is 10.1. The van der Waals surface area contributed by atoms with Crippen LogP contribution in [0.2, 0.25) is 0 Å². The molecular formula is C30H29N7O8. The molecule has 1 fully saturated rings. The van der Waals surface area contributed by atoms with Crippen LogP contribution in [-0.4, -0.2) is 87.2 Å². The second-order valence-corrected chi connectivity index (χ2v) is 9.69. The summed E-state index contributed by atoms with van der Waals surface area (Å²) in [7, 11) is 0. The Balaban J connectivity index is 0.000000399. The monoisotopic (exact) mass is 615 g/mol. The average Bonchev–Trinajstić information content (AvgIpc) is 3.67. The van der Waals surface area contributed by atoms with Gasteiger partial charge in [0.2, 0.25) is 0 Å². The molecular weight excluding hydrogens is 586 g/mol. The molecule has 0 bridgehead atoms. The van der Waals surface area contributed by atoms with Gasteiger partial charge in [-0.15, -0.1) is 0 Å². The second kappa shape index (κ2) is 14.1. The summed E-state index contributed by atoms with van der Waals surface area (Å²) < 4.78 is 1.90. The van der Waals surface area contributed by atoms with Crippen LogP contribution in [0.5, 0.6) is 0 Å². The minimum absolute atomic E-state index is 0.210. The zero-order chi connectivity index (χ0) is 32.7. The standard InChI is InChI=1S/C26H23N7O2.C4H6O6/c1-2-6-21(34)32-15-5-7-19(32)25-31-22(23-24(27)29-14-16-33(23)25)17-9-11-18(12-10-17)26(35)30-20-8-3-4-13-28-20;5-1(3(7)8)2(6)4(9)10/h3-4,8-14,16,19H,5,7,15H2,1H3,(H2,27,29)(H,28,30,35);1-2,5-6H,(H,7,8)(H,9,10)/t19-;/m0./s1. The van der Waals surface area contributed by atoms with E-state index >= 15 is 0 Å². The number of fused-ring (bicyclic) bond motifs is 1. The van der Waals surface area contributed by atoms with Gasteiger partial charge in [0.1, 0.15) is 28.7 Å². The molecule has 1 aliphatic heterocycles. The van der Waals surface area contributed by atoms with E-state index in [1.165, 1.54) is 0 Å². The number of nitrogen functional groups attached to an aromatic ring is 1. The number of hydrogen-bond donors (Lipinski definition) is 6. The highest BCUT2D eigenvalue weighted by Crippen LogP contribution is 2.36. The molecule has 7 N–H and O–H groups in total. The number of carboxylic acids is 2. The van der Waals surface area contributed by atoms with E-state index in [1.54, 1.807) is 60.7 Å². The maximum Gasteiger partial charge on any atom is 0.335 e. The van der Waals surface area contributed by atoms with Crippen molar-refractivity contribution in [2.45, 2.75) is 38.0 Å². The number of carboxylic acid groups (broad SMARTS) is 2. The topological polar surface area (TPSA) is 234 Å². The number of aliphatic carboxylic acids is 2. The van der Waals surface area contributed by atoms with E-state index in [1.807, 2.05) is 16.5 Å². The molecule has 15 heteroatoms. The fourth-order valence-corrected chi connectivity index (χ4v) is 4.66. The summed E-state index contributed by atoms with van der Waals surface area (Å²) in [4.78, 5) is 59.8. The van der Waals surface area contributed by atoms with Gasteiger partial charge in [0.05, 0.1) is 6.04 Å². The van der Waals surface area contributed by atoms with Crippen LogP contribution >= 0.6 is 0 Å². The van der Waals surface area contributed by atoms with Crippen LogP contribution in [0.1, 0.15) is 42.0 Å². The van der Waals surface area contributed by atoms with E-state index in [0.717, 1.165) is 18.4 Å². The Hall–Kier alpha value is -5.85. The molecule has 2 amide bonds. The van der Waals surface area contributed by atoms with Gasteiger partial charge in [-0.3, -0.25) is 14.0 Å². The van der Waals surface area contributed by atoms with Crippen LogP contribution in [0.25, 0.3) is 16.8 Å². The zero-order valence-corrected chi connectivity index (χ0v) is 23.9. The van der Waals surface area contributed by atoms with E-state index in [-0.39, 0.29) is 17.9 Å². The molecule has 4 heterocycles. The number of hydrogen-bond acceptors (Lipinski definition) is 10. The van der Waals surface area contributed by atoms with Crippen molar-refractivity contribution in [1.82, 2.24) is 24.3 Å². The van der Waals surface area contributed by atoms with Gasteiger partial charge >= 0.3 is 11.9 Å². The molecule has 3 atom stereocenters. The minimum atomic E-state index is -2.27. The van der Waals surface area contributed by atoms with Crippen molar-refractivity contribution in [3.05, 3.63) is 72.4 Å². The summed E-state index contributed by atoms with van der Waals surface area (Å²) in [6, 6.07) is 12.2. The fourth-order valence-electron chi connectivity index (χ4n) is 4.66. The Labute approximate surface area is 256 Å². The smallest absolute Gasteiger partial charge is 0.335 e. The number of nitrogens with zero attached hydrogens (tertiary/aromatic N) is 5. The average molecular weight is 616 g/mol. The number of nitrogens with one attached hydrogen (secondary N) is 1. The predicted octanol–water partition coefficient (Wildman–Crippen LogP) is 1.19. The van der Waals surface area contributed by atoms with Crippen molar-refractivity contribution in [1.29, 1.82) is 0 Å². The van der Waals surface area contributed by atoms with Crippen LogP contribution in [0.15, 0.2) is 61.1 Å². The molecule has 0 aliphatic carbocycles. The van der Waals surface area contributed by atoms with Crippen molar-refractivity contribution in [2.24, 2.45) is 0 Å². The van der Waals surface area contributed by atoms with Gasteiger partial charge < -0.3 is 36.4 Å². The molecule has 0 spiro atoms. The Morgan fingerprint density at radius 1 is 1.00 bits per heavy atom. The van der Waals surface area contributed by atoms with Gasteiger partial charge in [-0.05, 0) is 50.0 Å². The third-order valence-corrected chi connectivity index (χ3v) is 6.79. The molecule has 3 aromatic heterocycles. The van der Waals surface area contributed by atoms with Crippen molar-refractivity contribution >= 4 is 40.9 Å². The van der Waals surface area contributed by atoms with Crippen LogP contribution < -0.4 is 11.1 Å². The Kier molecular flexibility index (Phi) is 10.0. The number of nitrogens with two attached hydrogens (primary N) is 1. The molecule has 1 aliphatic rings. The summed E-state index contributed by atoms with van der Waals surface area (Å²) in [5.74, 6) is 2.85. The number of carbonyl (C=O) groups is 4. The number of aliphatic hydroxyl groups excluding tert-OH is 2. The fraction of sp³-hybridized carbons (Fsp3) is 0.233. The number of benzene rings is 1. The van der Waals surface area contributed by atoms with Crippen molar-refractivity contribution < 1.29 is 39.6 Å². The number of pyridine rings is 1. The third kappa shape index (κ3) is 7.21. The summed E-state index contributed by atoms with van der Waals surface area (Å²) in [6.45, 7) is 2.28. The highest BCUT2D eigenvalue weighted by molar-refractivity contribution is 6.04. The first-order valence-electron chi connectivity index (χ1n) is 13.5. The van der Waals surface area contributed by atoms with E-state index in [9.17, 15) is 19.2 Å². The molecule has 5 rings (SSSR count).